The molecule has 1 heterocycles. The summed E-state index contributed by atoms with van der Waals surface area (Å²) >= 11 is 4.00. The van der Waals surface area contributed by atoms with Crippen LogP contribution in [0, 0.1) is 31.1 Å². The summed E-state index contributed by atoms with van der Waals surface area (Å²) in [5, 5.41) is 6.74. The fourth-order valence-corrected chi connectivity index (χ4v) is 9.05. The maximum absolute atomic E-state index is 12.9. The third-order valence-electron chi connectivity index (χ3n) is 7.48. The number of carbonyl (C=O) groups excluding carboxylic acids is 1. The second kappa shape index (κ2) is 7.58. The second-order valence-electron chi connectivity index (χ2n) is 10.2. The molecule has 9 heteroatoms. The van der Waals surface area contributed by atoms with Crippen molar-refractivity contribution in [3.63, 3.8) is 0 Å². The lowest BCUT2D eigenvalue weighted by atomic mass is 9.48. The molecule has 0 spiro atoms. The molecule has 4 bridgehead atoms. The van der Waals surface area contributed by atoms with Gasteiger partial charge in [-0.25, -0.2) is 13.1 Å². The number of aromatic nitrogens is 1. The summed E-state index contributed by atoms with van der Waals surface area (Å²) in [6.45, 7) is 3.48. The van der Waals surface area contributed by atoms with Crippen LogP contribution in [0.25, 0.3) is 0 Å². The molecule has 4 saturated carbocycles. The number of halogens is 1. The highest BCUT2D eigenvalue weighted by Gasteiger charge is 2.57. The van der Waals surface area contributed by atoms with Gasteiger partial charge in [0.05, 0.1) is 10.6 Å². The first-order chi connectivity index (χ1) is 15.0. The van der Waals surface area contributed by atoms with Gasteiger partial charge in [0.25, 0.3) is 10.0 Å². The standard InChI is InChI=1S/C23H28BrN3O4S/c1-14-15(2)26-31-21(14)27-32(29,30)19-5-3-18(4-6-19)25-20(28)12-22-8-16-7-17(9-22)11-23(24,10-16)13-22/h3-6,16-17,27H,7-13H2,1-2H3,(H,25,28)/t16-,17-,22?,23?/m1/s1. The molecule has 0 unspecified atom stereocenters. The van der Waals surface area contributed by atoms with E-state index in [1.165, 1.54) is 31.4 Å². The van der Waals surface area contributed by atoms with Crippen LogP contribution in [0.2, 0.25) is 0 Å². The number of anilines is 2. The quantitative estimate of drug-likeness (QED) is 0.511. The molecule has 6 rings (SSSR count). The Bertz CT molecular complexity index is 1140. The lowest BCUT2D eigenvalue weighted by Crippen LogP contribution is -2.53. The first kappa shape index (κ1) is 21.9. The number of hydrogen-bond acceptors (Lipinski definition) is 5. The number of sulfonamides is 1. The Morgan fingerprint density at radius 2 is 1.81 bits per heavy atom. The Hall–Kier alpha value is -1.87. The lowest BCUT2D eigenvalue weighted by Gasteiger charge is -2.60. The molecule has 1 aromatic heterocycles. The highest BCUT2D eigenvalue weighted by atomic mass is 79.9. The summed E-state index contributed by atoms with van der Waals surface area (Å²) in [4.78, 5) is 13.0. The zero-order valence-electron chi connectivity index (χ0n) is 18.3. The van der Waals surface area contributed by atoms with Crippen molar-refractivity contribution in [3.05, 3.63) is 35.5 Å². The van der Waals surface area contributed by atoms with Crippen LogP contribution >= 0.6 is 15.9 Å². The zero-order chi connectivity index (χ0) is 22.7. The second-order valence-corrected chi connectivity index (χ2v) is 13.6. The van der Waals surface area contributed by atoms with Crippen molar-refractivity contribution in [2.24, 2.45) is 17.3 Å². The van der Waals surface area contributed by atoms with Crippen LogP contribution < -0.4 is 10.0 Å². The van der Waals surface area contributed by atoms with E-state index in [4.69, 9.17) is 4.52 Å². The summed E-state index contributed by atoms with van der Waals surface area (Å²) in [5.74, 6) is 1.58. The first-order valence-corrected chi connectivity index (χ1v) is 13.4. The lowest BCUT2D eigenvalue weighted by molar-refractivity contribution is -0.123. The molecule has 1 aromatic carbocycles. The maximum atomic E-state index is 12.9. The molecule has 7 nitrogen and oxygen atoms in total. The average Bonchev–Trinajstić information content (AvgIpc) is 2.97. The maximum Gasteiger partial charge on any atom is 0.264 e. The number of hydrogen-bond donors (Lipinski definition) is 2. The predicted molar refractivity (Wildman–Crippen MR) is 125 cm³/mol. The normalized spacial score (nSPS) is 31.0. The molecule has 4 aliphatic carbocycles. The Balaban J connectivity index is 1.24. The summed E-state index contributed by atoms with van der Waals surface area (Å²) < 4.78 is 33.0. The van der Waals surface area contributed by atoms with Gasteiger partial charge >= 0.3 is 0 Å². The van der Waals surface area contributed by atoms with Crippen LogP contribution in [0.4, 0.5) is 11.6 Å². The zero-order valence-corrected chi connectivity index (χ0v) is 20.7. The van der Waals surface area contributed by atoms with E-state index >= 15 is 0 Å². The van der Waals surface area contributed by atoms with Crippen LogP contribution in [-0.2, 0) is 14.8 Å². The molecular formula is C23H28BrN3O4S. The molecule has 0 radical (unpaired) electrons. The number of nitrogens with one attached hydrogen (secondary N) is 2. The molecule has 1 amide bonds. The van der Waals surface area contributed by atoms with E-state index < -0.39 is 10.0 Å². The van der Waals surface area contributed by atoms with E-state index in [1.807, 2.05) is 0 Å². The van der Waals surface area contributed by atoms with Gasteiger partial charge < -0.3 is 9.84 Å². The van der Waals surface area contributed by atoms with Crippen LogP contribution in [0.1, 0.15) is 56.2 Å². The molecule has 172 valence electrons. The molecule has 4 fully saturated rings. The minimum absolute atomic E-state index is 0.00421. The van der Waals surface area contributed by atoms with E-state index in [0.717, 1.165) is 31.1 Å². The fraction of sp³-hybridized carbons (Fsp3) is 0.565. The van der Waals surface area contributed by atoms with Crippen LogP contribution in [0.15, 0.2) is 33.7 Å². The minimum atomic E-state index is -3.81. The third-order valence-corrected chi connectivity index (χ3v) is 9.75. The van der Waals surface area contributed by atoms with E-state index in [9.17, 15) is 13.2 Å². The van der Waals surface area contributed by atoms with Gasteiger partial charge in [0.1, 0.15) is 0 Å². The van der Waals surface area contributed by atoms with E-state index in [0.29, 0.717) is 23.4 Å². The molecule has 2 N–H and O–H groups in total. The van der Waals surface area contributed by atoms with Gasteiger partial charge in [-0.2, -0.15) is 0 Å². The molecule has 4 aliphatic rings. The Morgan fingerprint density at radius 3 is 2.38 bits per heavy atom. The SMILES string of the molecule is Cc1noc(NS(=O)(=O)c2ccc(NC(=O)CC34C[C@H]5C[C@@H](CC(Br)(C5)C3)C4)cc2)c1C. The fourth-order valence-electron chi connectivity index (χ4n) is 6.50. The molecule has 32 heavy (non-hydrogen) atoms. The number of rotatable bonds is 6. The number of nitrogens with zero attached hydrogens (tertiary/aromatic N) is 1. The molecule has 2 aromatic rings. The van der Waals surface area contributed by atoms with Crippen molar-refractivity contribution < 1.29 is 17.7 Å². The molecule has 2 atom stereocenters. The van der Waals surface area contributed by atoms with E-state index in [2.05, 4.69) is 31.1 Å². The van der Waals surface area contributed by atoms with Crippen LogP contribution in [-0.4, -0.2) is 23.8 Å². The van der Waals surface area contributed by atoms with Gasteiger partial charge in [-0.1, -0.05) is 21.1 Å². The smallest absolute Gasteiger partial charge is 0.264 e. The van der Waals surface area contributed by atoms with Crippen LogP contribution in [0.5, 0.6) is 0 Å². The average molecular weight is 522 g/mol. The Kier molecular flexibility index (Phi) is 5.20. The van der Waals surface area contributed by atoms with E-state index in [-0.39, 0.29) is 26.4 Å². The van der Waals surface area contributed by atoms with Crippen LogP contribution in [0.3, 0.4) is 0 Å². The van der Waals surface area contributed by atoms with Gasteiger partial charge in [-0.05, 0) is 93.9 Å². The number of alkyl halides is 1. The number of amides is 1. The summed E-state index contributed by atoms with van der Waals surface area (Å²) in [5.41, 5.74) is 1.97. The number of carbonyl (C=O) groups is 1. The van der Waals surface area contributed by atoms with Gasteiger partial charge in [-0.15, -0.1) is 0 Å². The summed E-state index contributed by atoms with van der Waals surface area (Å²) in [6.07, 6.45) is 7.69. The molecule has 0 saturated heterocycles. The monoisotopic (exact) mass is 521 g/mol. The van der Waals surface area contributed by atoms with Crippen molar-refractivity contribution in [1.29, 1.82) is 0 Å². The van der Waals surface area contributed by atoms with Gasteiger partial charge in [-0.3, -0.25) is 4.79 Å². The highest BCUT2D eigenvalue weighted by molar-refractivity contribution is 9.10. The van der Waals surface area contributed by atoms with E-state index in [1.54, 1.807) is 26.0 Å². The predicted octanol–water partition coefficient (Wildman–Crippen LogP) is 5.15. The number of aryl methyl sites for hydroxylation is 1. The first-order valence-electron chi connectivity index (χ1n) is 11.1. The Morgan fingerprint density at radius 1 is 1.16 bits per heavy atom. The molecular weight excluding hydrogens is 494 g/mol. The Labute approximate surface area is 196 Å². The highest BCUT2D eigenvalue weighted by Crippen LogP contribution is 2.65. The van der Waals surface area contributed by atoms with Crippen molar-refractivity contribution in [1.82, 2.24) is 5.16 Å². The third kappa shape index (κ3) is 4.09. The van der Waals surface area contributed by atoms with Gasteiger partial charge in [0, 0.05) is 22.0 Å². The van der Waals surface area contributed by atoms with Gasteiger partial charge in [0.15, 0.2) is 0 Å². The molecule has 0 aliphatic heterocycles. The largest absolute Gasteiger partial charge is 0.337 e. The van der Waals surface area contributed by atoms with Crippen molar-refractivity contribution >= 4 is 43.4 Å². The topological polar surface area (TPSA) is 101 Å². The van der Waals surface area contributed by atoms with Crippen molar-refractivity contribution in [2.45, 2.75) is 68.0 Å². The van der Waals surface area contributed by atoms with Crippen molar-refractivity contribution in [3.8, 4) is 0 Å². The summed E-state index contributed by atoms with van der Waals surface area (Å²) in [6, 6.07) is 6.21. The van der Waals surface area contributed by atoms with Gasteiger partial charge in [0.2, 0.25) is 11.8 Å². The van der Waals surface area contributed by atoms with Crippen molar-refractivity contribution in [2.75, 3.05) is 10.0 Å². The summed E-state index contributed by atoms with van der Waals surface area (Å²) in [7, 11) is -3.81. The number of benzene rings is 1. The minimum Gasteiger partial charge on any atom is -0.337 e.